The van der Waals surface area contributed by atoms with Crippen molar-refractivity contribution in [2.24, 2.45) is 0 Å². The second kappa shape index (κ2) is 8.33. The smallest absolute Gasteiger partial charge is 0.242 e. The molecule has 1 aromatic heterocycles. The highest BCUT2D eigenvalue weighted by molar-refractivity contribution is 5.87. The molecule has 0 saturated carbocycles. The predicted octanol–water partition coefficient (Wildman–Crippen LogP) is 2.74. The van der Waals surface area contributed by atoms with Crippen molar-refractivity contribution in [2.75, 3.05) is 7.05 Å². The lowest BCUT2D eigenvalue weighted by Gasteiger charge is -2.28. The van der Waals surface area contributed by atoms with Crippen LogP contribution in [0.5, 0.6) is 0 Å². The summed E-state index contributed by atoms with van der Waals surface area (Å²) in [6.07, 6.45) is 0.523. The van der Waals surface area contributed by atoms with Crippen molar-refractivity contribution in [2.45, 2.75) is 59.0 Å². The van der Waals surface area contributed by atoms with E-state index in [4.69, 9.17) is 4.52 Å². The molecule has 2 aromatic rings. The highest BCUT2D eigenvalue weighted by atomic mass is 16.5. The summed E-state index contributed by atoms with van der Waals surface area (Å²) in [6, 6.07) is 7.26. The van der Waals surface area contributed by atoms with Crippen LogP contribution in [0.2, 0.25) is 0 Å². The number of carbonyl (C=O) groups is 2. The van der Waals surface area contributed by atoms with Gasteiger partial charge in [-0.15, -0.1) is 0 Å². The molecule has 0 fully saturated rings. The van der Waals surface area contributed by atoms with Crippen molar-refractivity contribution in [3.8, 4) is 11.4 Å². The zero-order valence-electron chi connectivity index (χ0n) is 16.9. The van der Waals surface area contributed by atoms with Crippen LogP contribution < -0.4 is 5.32 Å². The Morgan fingerprint density at radius 3 is 2.44 bits per heavy atom. The monoisotopic (exact) mass is 372 g/mol. The summed E-state index contributed by atoms with van der Waals surface area (Å²) in [7, 11) is 1.63. The molecule has 1 aromatic carbocycles. The first-order valence-corrected chi connectivity index (χ1v) is 9.04. The fourth-order valence-electron chi connectivity index (χ4n) is 2.43. The molecule has 0 bridgehead atoms. The van der Waals surface area contributed by atoms with E-state index in [1.54, 1.807) is 14.0 Å². The maximum atomic E-state index is 12.4. The Morgan fingerprint density at radius 2 is 1.85 bits per heavy atom. The van der Waals surface area contributed by atoms with Gasteiger partial charge in [0.15, 0.2) is 0 Å². The number of hydrogen-bond acceptors (Lipinski definition) is 5. The Labute approximate surface area is 160 Å². The number of benzene rings is 1. The number of carbonyl (C=O) groups excluding carboxylic acids is 2. The van der Waals surface area contributed by atoms with Gasteiger partial charge in [0, 0.05) is 31.0 Å². The number of amides is 2. The average molecular weight is 372 g/mol. The quantitative estimate of drug-likeness (QED) is 0.842. The summed E-state index contributed by atoms with van der Waals surface area (Å²) in [5.74, 6) is 0.572. The van der Waals surface area contributed by atoms with Crippen LogP contribution in [0, 0.1) is 6.92 Å². The Bertz CT molecular complexity index is 790. The maximum Gasteiger partial charge on any atom is 0.242 e. The molecule has 0 aliphatic carbocycles. The Kier molecular flexibility index (Phi) is 6.36. The number of aromatic nitrogens is 2. The van der Waals surface area contributed by atoms with Crippen LogP contribution >= 0.6 is 0 Å². The predicted molar refractivity (Wildman–Crippen MR) is 103 cm³/mol. The van der Waals surface area contributed by atoms with Gasteiger partial charge in [0.2, 0.25) is 23.5 Å². The zero-order valence-corrected chi connectivity index (χ0v) is 16.9. The molecular formula is C20H28N4O3. The van der Waals surface area contributed by atoms with Gasteiger partial charge >= 0.3 is 0 Å². The standard InChI is InChI=1S/C20H28N4O3/c1-13-7-9-15(10-8-13)18-21-16(27-23-18)11-12-17(25)24(6)14(2)19(26)22-20(3,4)5/h7-10,14H,11-12H2,1-6H3,(H,22,26)/t14-/m0/s1. The van der Waals surface area contributed by atoms with Crippen molar-refractivity contribution in [1.29, 1.82) is 0 Å². The Hall–Kier alpha value is -2.70. The van der Waals surface area contributed by atoms with Crippen LogP contribution in [0.4, 0.5) is 0 Å². The van der Waals surface area contributed by atoms with Crippen LogP contribution in [0.3, 0.4) is 0 Å². The molecule has 1 N–H and O–H groups in total. The molecule has 0 aliphatic heterocycles. The summed E-state index contributed by atoms with van der Waals surface area (Å²) < 4.78 is 5.24. The number of nitrogens with zero attached hydrogens (tertiary/aromatic N) is 3. The first-order chi connectivity index (χ1) is 12.6. The summed E-state index contributed by atoms with van der Waals surface area (Å²) in [5, 5.41) is 6.85. The highest BCUT2D eigenvalue weighted by Gasteiger charge is 2.25. The van der Waals surface area contributed by atoms with Crippen LogP contribution in [0.1, 0.15) is 45.6 Å². The topological polar surface area (TPSA) is 88.3 Å². The van der Waals surface area contributed by atoms with Crippen LogP contribution in [0.15, 0.2) is 28.8 Å². The molecule has 0 radical (unpaired) electrons. The third-order valence-electron chi connectivity index (χ3n) is 4.18. The molecule has 146 valence electrons. The van der Waals surface area contributed by atoms with Gasteiger partial charge < -0.3 is 14.7 Å². The highest BCUT2D eigenvalue weighted by Crippen LogP contribution is 2.17. The van der Waals surface area contributed by atoms with Crippen LogP contribution in [-0.4, -0.2) is 45.5 Å². The van der Waals surface area contributed by atoms with Crippen molar-refractivity contribution in [3.63, 3.8) is 0 Å². The molecule has 1 heterocycles. The van der Waals surface area contributed by atoms with Gasteiger partial charge in [0.25, 0.3) is 0 Å². The van der Waals surface area contributed by atoms with E-state index in [1.807, 2.05) is 52.0 Å². The number of rotatable bonds is 6. The van der Waals surface area contributed by atoms with E-state index in [0.717, 1.165) is 11.1 Å². The molecule has 0 saturated heterocycles. The second-order valence-corrected chi connectivity index (χ2v) is 7.80. The largest absolute Gasteiger partial charge is 0.350 e. The number of likely N-dealkylation sites (N-methyl/N-ethyl adjacent to an activating group) is 1. The third kappa shape index (κ3) is 5.91. The van der Waals surface area contributed by atoms with E-state index in [9.17, 15) is 9.59 Å². The van der Waals surface area contributed by atoms with Gasteiger partial charge in [0.05, 0.1) is 0 Å². The fraction of sp³-hybridized carbons (Fsp3) is 0.500. The van der Waals surface area contributed by atoms with Gasteiger partial charge in [0.1, 0.15) is 6.04 Å². The lowest BCUT2D eigenvalue weighted by Crippen LogP contribution is -2.51. The molecule has 27 heavy (non-hydrogen) atoms. The number of nitrogens with one attached hydrogen (secondary N) is 1. The van der Waals surface area contributed by atoms with Crippen molar-refractivity contribution < 1.29 is 14.1 Å². The molecule has 2 amide bonds. The van der Waals surface area contributed by atoms with Crippen molar-refractivity contribution >= 4 is 11.8 Å². The van der Waals surface area contributed by atoms with E-state index in [2.05, 4.69) is 15.5 Å². The molecule has 0 spiro atoms. The van der Waals surface area contributed by atoms with E-state index in [1.165, 1.54) is 4.90 Å². The molecule has 1 atom stereocenters. The van der Waals surface area contributed by atoms with Gasteiger partial charge in [-0.2, -0.15) is 4.98 Å². The SMILES string of the molecule is Cc1ccc(-c2noc(CCC(=O)N(C)[C@@H](C)C(=O)NC(C)(C)C)n2)cc1. The van der Waals surface area contributed by atoms with Crippen molar-refractivity contribution in [1.82, 2.24) is 20.4 Å². The van der Waals surface area contributed by atoms with Crippen LogP contribution in [-0.2, 0) is 16.0 Å². The van der Waals surface area contributed by atoms with Gasteiger partial charge in [-0.05, 0) is 34.6 Å². The van der Waals surface area contributed by atoms with Gasteiger partial charge in [-0.3, -0.25) is 9.59 Å². The lowest BCUT2D eigenvalue weighted by molar-refractivity contribution is -0.139. The molecule has 0 aliphatic rings. The van der Waals surface area contributed by atoms with Gasteiger partial charge in [-0.25, -0.2) is 0 Å². The lowest BCUT2D eigenvalue weighted by atomic mass is 10.1. The molecule has 7 nitrogen and oxygen atoms in total. The second-order valence-electron chi connectivity index (χ2n) is 7.80. The maximum absolute atomic E-state index is 12.4. The first kappa shape index (κ1) is 20.6. The number of aryl methyl sites for hydroxylation is 2. The molecule has 7 heteroatoms. The summed E-state index contributed by atoms with van der Waals surface area (Å²) in [6.45, 7) is 9.43. The minimum Gasteiger partial charge on any atom is -0.350 e. The third-order valence-corrected chi connectivity index (χ3v) is 4.18. The molecular weight excluding hydrogens is 344 g/mol. The van der Waals surface area contributed by atoms with Gasteiger partial charge in [-0.1, -0.05) is 35.0 Å². The average Bonchev–Trinajstić information content (AvgIpc) is 3.06. The summed E-state index contributed by atoms with van der Waals surface area (Å²) in [5.41, 5.74) is 1.68. The molecule has 2 rings (SSSR count). The Balaban J connectivity index is 1.91. The minimum atomic E-state index is -0.553. The van der Waals surface area contributed by atoms with Crippen molar-refractivity contribution in [3.05, 3.63) is 35.7 Å². The summed E-state index contributed by atoms with van der Waals surface area (Å²) >= 11 is 0. The zero-order chi connectivity index (χ0) is 20.2. The van der Waals surface area contributed by atoms with E-state index in [-0.39, 0.29) is 23.8 Å². The minimum absolute atomic E-state index is 0.151. The first-order valence-electron chi connectivity index (χ1n) is 9.04. The number of hydrogen-bond donors (Lipinski definition) is 1. The van der Waals surface area contributed by atoms with Crippen LogP contribution in [0.25, 0.3) is 11.4 Å². The fourth-order valence-corrected chi connectivity index (χ4v) is 2.43. The Morgan fingerprint density at radius 1 is 1.22 bits per heavy atom. The van der Waals surface area contributed by atoms with E-state index < -0.39 is 6.04 Å². The molecule has 0 unspecified atom stereocenters. The summed E-state index contributed by atoms with van der Waals surface area (Å²) in [4.78, 5) is 30.4. The normalized spacial score (nSPS) is 12.5. The van der Waals surface area contributed by atoms with E-state index in [0.29, 0.717) is 18.1 Å². The van der Waals surface area contributed by atoms with E-state index >= 15 is 0 Å².